The molecular formula is C13H15BrN2O3. The van der Waals surface area contributed by atoms with Crippen molar-refractivity contribution in [1.29, 1.82) is 0 Å². The summed E-state index contributed by atoms with van der Waals surface area (Å²) in [5, 5.41) is 12.7. The highest BCUT2D eigenvalue weighted by Gasteiger charge is 2.16. The zero-order chi connectivity index (χ0) is 14.0. The van der Waals surface area contributed by atoms with E-state index >= 15 is 0 Å². The first-order valence-corrected chi connectivity index (χ1v) is 6.68. The summed E-state index contributed by atoms with van der Waals surface area (Å²) in [6.07, 6.45) is -0.676. The van der Waals surface area contributed by atoms with Crippen LogP contribution in [0, 0.1) is 0 Å². The van der Waals surface area contributed by atoms with Crippen molar-refractivity contribution in [2.75, 3.05) is 6.54 Å². The molecule has 19 heavy (non-hydrogen) atoms. The molecule has 6 heteroatoms. The number of hydrogen-bond donors (Lipinski definition) is 3. The maximum atomic E-state index is 11.9. The quantitative estimate of drug-likeness (QED) is 0.796. The van der Waals surface area contributed by atoms with Crippen LogP contribution in [0.1, 0.15) is 17.5 Å². The topological polar surface area (TPSA) is 88.5 Å². The molecule has 0 aliphatic heterocycles. The van der Waals surface area contributed by atoms with Crippen molar-refractivity contribution >= 4 is 32.8 Å². The van der Waals surface area contributed by atoms with Gasteiger partial charge in [0.05, 0.1) is 10.6 Å². The van der Waals surface area contributed by atoms with Crippen molar-refractivity contribution in [3.63, 3.8) is 0 Å². The summed E-state index contributed by atoms with van der Waals surface area (Å²) in [6.45, 7) is 1.77. The van der Waals surface area contributed by atoms with Crippen LogP contribution in [0.25, 0.3) is 11.0 Å². The molecular weight excluding hydrogens is 312 g/mol. The van der Waals surface area contributed by atoms with Gasteiger partial charge in [-0.25, -0.2) is 0 Å². The molecule has 0 aliphatic carbocycles. The van der Waals surface area contributed by atoms with Crippen LogP contribution in [0.4, 0.5) is 0 Å². The fourth-order valence-corrected chi connectivity index (χ4v) is 2.07. The molecule has 0 bridgehead atoms. The van der Waals surface area contributed by atoms with Crippen LogP contribution in [0.2, 0.25) is 0 Å². The molecule has 0 radical (unpaired) electrons. The Labute approximate surface area is 118 Å². The van der Waals surface area contributed by atoms with Crippen LogP contribution in [0.5, 0.6) is 0 Å². The highest BCUT2D eigenvalue weighted by Crippen LogP contribution is 2.26. The summed E-state index contributed by atoms with van der Waals surface area (Å²) in [4.78, 5) is 11.9. The average Bonchev–Trinajstić information content (AvgIpc) is 2.80. The van der Waals surface area contributed by atoms with Crippen molar-refractivity contribution in [2.45, 2.75) is 19.1 Å². The fraction of sp³-hybridized carbons (Fsp3) is 0.308. The first kappa shape index (κ1) is 14.0. The lowest BCUT2D eigenvalue weighted by atomic mass is 10.2. The maximum Gasteiger partial charge on any atom is 0.287 e. The lowest BCUT2D eigenvalue weighted by Crippen LogP contribution is -2.43. The van der Waals surface area contributed by atoms with Crippen molar-refractivity contribution in [3.8, 4) is 0 Å². The number of para-hydroxylation sites is 1. The number of fused-ring (bicyclic) bond motifs is 1. The van der Waals surface area contributed by atoms with E-state index in [1.54, 1.807) is 13.0 Å². The summed E-state index contributed by atoms with van der Waals surface area (Å²) in [5.41, 5.74) is 6.27. The Bertz CT molecular complexity index is 595. The number of nitrogens with one attached hydrogen (secondary N) is 1. The second-order valence-corrected chi connectivity index (χ2v) is 5.24. The Hall–Kier alpha value is -1.37. The van der Waals surface area contributed by atoms with Gasteiger partial charge in [-0.15, -0.1) is 0 Å². The van der Waals surface area contributed by atoms with Gasteiger partial charge in [-0.3, -0.25) is 4.79 Å². The van der Waals surface area contributed by atoms with Gasteiger partial charge < -0.3 is 20.6 Å². The molecule has 2 unspecified atom stereocenters. The van der Waals surface area contributed by atoms with E-state index in [1.807, 2.05) is 18.2 Å². The van der Waals surface area contributed by atoms with Crippen LogP contribution in [0.15, 0.2) is 33.2 Å². The Morgan fingerprint density at radius 1 is 1.58 bits per heavy atom. The monoisotopic (exact) mass is 326 g/mol. The molecule has 0 fully saturated rings. The summed E-state index contributed by atoms with van der Waals surface area (Å²) in [5.74, 6) is -0.126. The predicted octanol–water partition coefficient (Wildman–Crippen LogP) is 1.63. The highest BCUT2D eigenvalue weighted by atomic mass is 79.9. The summed E-state index contributed by atoms with van der Waals surface area (Å²) >= 11 is 3.36. The fourth-order valence-electron chi connectivity index (χ4n) is 1.61. The normalized spacial score (nSPS) is 14.3. The van der Waals surface area contributed by atoms with Gasteiger partial charge in [0.15, 0.2) is 5.76 Å². The van der Waals surface area contributed by atoms with Gasteiger partial charge in [0, 0.05) is 18.0 Å². The van der Waals surface area contributed by atoms with E-state index in [0.29, 0.717) is 5.58 Å². The van der Waals surface area contributed by atoms with E-state index < -0.39 is 12.1 Å². The van der Waals surface area contributed by atoms with Crippen LogP contribution >= 0.6 is 15.9 Å². The molecule has 0 aliphatic rings. The van der Waals surface area contributed by atoms with Crippen LogP contribution < -0.4 is 11.1 Å². The smallest absolute Gasteiger partial charge is 0.287 e. The van der Waals surface area contributed by atoms with Crippen molar-refractivity contribution in [2.24, 2.45) is 5.73 Å². The summed E-state index contributed by atoms with van der Waals surface area (Å²) in [6, 6.07) is 6.75. The Morgan fingerprint density at radius 2 is 2.32 bits per heavy atom. The van der Waals surface area contributed by atoms with Crippen molar-refractivity contribution in [3.05, 3.63) is 34.5 Å². The van der Waals surface area contributed by atoms with E-state index in [1.165, 1.54) is 0 Å². The Morgan fingerprint density at radius 3 is 2.95 bits per heavy atom. The molecule has 1 amide bonds. The second kappa shape index (κ2) is 5.73. The molecule has 0 saturated carbocycles. The minimum absolute atomic E-state index is 0.189. The lowest BCUT2D eigenvalue weighted by molar-refractivity contribution is 0.0912. The lowest BCUT2D eigenvalue weighted by Gasteiger charge is -2.14. The zero-order valence-corrected chi connectivity index (χ0v) is 12.0. The number of hydrogen-bond acceptors (Lipinski definition) is 4. The zero-order valence-electron chi connectivity index (χ0n) is 10.4. The van der Waals surface area contributed by atoms with Gasteiger partial charge in [-0.2, -0.15) is 0 Å². The van der Waals surface area contributed by atoms with E-state index in [-0.39, 0.29) is 18.2 Å². The van der Waals surface area contributed by atoms with Gasteiger partial charge >= 0.3 is 0 Å². The van der Waals surface area contributed by atoms with Gasteiger partial charge in [0.1, 0.15) is 5.58 Å². The molecule has 102 valence electrons. The van der Waals surface area contributed by atoms with E-state index in [4.69, 9.17) is 10.2 Å². The third kappa shape index (κ3) is 3.15. The molecule has 4 N–H and O–H groups in total. The van der Waals surface area contributed by atoms with Gasteiger partial charge in [-0.05, 0) is 35.0 Å². The standard InChI is InChI=1S/C13H15BrN2O3/c1-7(17)10(15)6-16-13(18)11-5-8-3-2-4-9(14)12(8)19-11/h2-5,7,10,17H,6,15H2,1H3,(H,16,18). The number of aliphatic hydroxyl groups is 1. The number of carbonyl (C=O) groups is 1. The average molecular weight is 327 g/mol. The Kier molecular flexibility index (Phi) is 4.24. The first-order chi connectivity index (χ1) is 8.99. The molecule has 1 aromatic carbocycles. The third-order valence-corrected chi connectivity index (χ3v) is 3.46. The molecule has 1 heterocycles. The number of nitrogens with two attached hydrogens (primary N) is 1. The molecule has 2 aromatic rings. The van der Waals surface area contributed by atoms with E-state index in [0.717, 1.165) is 9.86 Å². The van der Waals surface area contributed by atoms with Crippen LogP contribution in [-0.2, 0) is 0 Å². The van der Waals surface area contributed by atoms with E-state index in [2.05, 4.69) is 21.2 Å². The van der Waals surface area contributed by atoms with Crippen LogP contribution in [0.3, 0.4) is 0 Å². The number of amides is 1. The number of aliphatic hydroxyl groups excluding tert-OH is 1. The first-order valence-electron chi connectivity index (χ1n) is 5.89. The van der Waals surface area contributed by atoms with Gasteiger partial charge in [0.25, 0.3) is 5.91 Å². The molecule has 5 nitrogen and oxygen atoms in total. The van der Waals surface area contributed by atoms with Crippen molar-refractivity contribution in [1.82, 2.24) is 5.32 Å². The molecule has 1 aromatic heterocycles. The number of rotatable bonds is 4. The highest BCUT2D eigenvalue weighted by molar-refractivity contribution is 9.10. The SMILES string of the molecule is CC(O)C(N)CNC(=O)c1cc2cccc(Br)c2o1. The number of carbonyl (C=O) groups excluding carboxylic acids is 1. The molecule has 2 atom stereocenters. The summed E-state index contributed by atoms with van der Waals surface area (Å²) in [7, 11) is 0. The number of benzene rings is 1. The van der Waals surface area contributed by atoms with E-state index in [9.17, 15) is 9.90 Å². The van der Waals surface area contributed by atoms with Crippen molar-refractivity contribution < 1.29 is 14.3 Å². The predicted molar refractivity (Wildman–Crippen MR) is 75.9 cm³/mol. The van der Waals surface area contributed by atoms with Gasteiger partial charge in [-0.1, -0.05) is 12.1 Å². The Balaban J connectivity index is 2.12. The number of halogens is 1. The number of furan rings is 1. The molecule has 0 spiro atoms. The minimum Gasteiger partial charge on any atom is -0.450 e. The summed E-state index contributed by atoms with van der Waals surface area (Å²) < 4.78 is 6.29. The molecule has 2 rings (SSSR count). The largest absolute Gasteiger partial charge is 0.450 e. The second-order valence-electron chi connectivity index (χ2n) is 4.38. The van der Waals surface area contributed by atoms with Crippen LogP contribution in [-0.4, -0.2) is 29.7 Å². The molecule has 0 saturated heterocycles. The maximum absolute atomic E-state index is 11.9. The minimum atomic E-state index is -0.676. The third-order valence-electron chi connectivity index (χ3n) is 2.84. The van der Waals surface area contributed by atoms with Gasteiger partial charge in [0.2, 0.25) is 0 Å².